The summed E-state index contributed by atoms with van der Waals surface area (Å²) in [5.74, 6) is 0. The summed E-state index contributed by atoms with van der Waals surface area (Å²) >= 11 is 0. The van der Waals surface area contributed by atoms with Gasteiger partial charge in [-0.15, -0.1) is 0 Å². The van der Waals surface area contributed by atoms with Crippen LogP contribution in [-0.4, -0.2) is 9.97 Å². The van der Waals surface area contributed by atoms with Crippen LogP contribution in [0.4, 0.5) is 34.1 Å². The number of aromatic nitrogens is 2. The fourth-order valence-corrected chi connectivity index (χ4v) is 7.17. The highest BCUT2D eigenvalue weighted by molar-refractivity contribution is 5.88. The molecule has 0 bridgehead atoms. The van der Waals surface area contributed by atoms with Gasteiger partial charge in [0.15, 0.2) is 0 Å². The third-order valence-corrected chi connectivity index (χ3v) is 9.85. The molecule has 4 nitrogen and oxygen atoms in total. The Hall–Kier alpha value is -7.56. The lowest BCUT2D eigenvalue weighted by atomic mass is 9.99. The third-order valence-electron chi connectivity index (χ3n) is 9.85. The van der Waals surface area contributed by atoms with E-state index in [2.05, 4.69) is 204 Å². The number of hydrogen-bond donors (Lipinski definition) is 0. The molecule has 0 fully saturated rings. The van der Waals surface area contributed by atoms with Crippen molar-refractivity contribution in [3.05, 3.63) is 231 Å². The summed E-state index contributed by atoms with van der Waals surface area (Å²) < 4.78 is 0. The molecule has 266 valence electrons. The number of para-hydroxylation sites is 4. The molecule has 56 heavy (non-hydrogen) atoms. The second kappa shape index (κ2) is 15.8. The Kier molecular flexibility index (Phi) is 9.66. The first-order chi connectivity index (χ1) is 27.8. The summed E-state index contributed by atoms with van der Waals surface area (Å²) in [4.78, 5) is 15.6. The van der Waals surface area contributed by atoms with Crippen LogP contribution in [0.5, 0.6) is 0 Å². The van der Waals surface area contributed by atoms with E-state index >= 15 is 0 Å². The Morgan fingerprint density at radius 2 is 0.393 bits per heavy atom. The lowest BCUT2D eigenvalue weighted by Gasteiger charge is -2.26. The predicted molar refractivity (Wildman–Crippen MR) is 233 cm³/mol. The highest BCUT2D eigenvalue weighted by Crippen LogP contribution is 2.41. The number of hydrogen-bond acceptors (Lipinski definition) is 4. The van der Waals surface area contributed by atoms with E-state index in [1.165, 1.54) is 0 Å². The molecular weight excluding hydrogens is 681 g/mol. The molecule has 8 aromatic carbocycles. The Labute approximate surface area is 328 Å². The average Bonchev–Trinajstić information content (AvgIpc) is 3.29. The molecule has 0 atom stereocenters. The van der Waals surface area contributed by atoms with Crippen LogP contribution < -0.4 is 9.80 Å². The van der Waals surface area contributed by atoms with Crippen molar-refractivity contribution in [3.8, 4) is 45.0 Å². The third kappa shape index (κ3) is 7.07. The van der Waals surface area contributed by atoms with Crippen LogP contribution in [0.15, 0.2) is 231 Å². The molecule has 0 unspecified atom stereocenters. The maximum Gasteiger partial charge on any atom is 0.0973 e. The van der Waals surface area contributed by atoms with E-state index in [0.29, 0.717) is 0 Å². The fraction of sp³-hybridized carbons (Fsp3) is 0. The molecule has 9 aromatic rings. The SMILES string of the molecule is c1ccc(-c2nc(-c3ccc(N(c4ccccc4)c4ccccc4)cc3)c(-c3ccc(N(c4ccccc4)c4ccccc4)cc3)nc2-c2ccccc2)cc1. The van der Waals surface area contributed by atoms with Gasteiger partial charge in [-0.05, 0) is 72.8 Å². The van der Waals surface area contributed by atoms with Gasteiger partial charge in [0.2, 0.25) is 0 Å². The van der Waals surface area contributed by atoms with Gasteiger partial charge in [-0.2, -0.15) is 0 Å². The molecule has 0 aliphatic heterocycles. The molecule has 0 amide bonds. The van der Waals surface area contributed by atoms with E-state index in [-0.39, 0.29) is 0 Å². The molecule has 0 saturated heterocycles. The van der Waals surface area contributed by atoms with E-state index in [4.69, 9.17) is 9.97 Å². The maximum absolute atomic E-state index is 5.52. The second-order valence-corrected chi connectivity index (χ2v) is 13.5. The van der Waals surface area contributed by atoms with Crippen LogP contribution in [0.1, 0.15) is 0 Å². The summed E-state index contributed by atoms with van der Waals surface area (Å²) in [6, 6.07) is 80.0. The van der Waals surface area contributed by atoms with Gasteiger partial charge in [-0.25, -0.2) is 9.97 Å². The fourth-order valence-electron chi connectivity index (χ4n) is 7.17. The Balaban J connectivity index is 1.20. The zero-order valence-electron chi connectivity index (χ0n) is 30.7. The molecule has 0 N–H and O–H groups in total. The van der Waals surface area contributed by atoms with E-state index < -0.39 is 0 Å². The number of benzene rings is 8. The van der Waals surface area contributed by atoms with Crippen molar-refractivity contribution in [1.29, 1.82) is 0 Å². The van der Waals surface area contributed by atoms with Crippen LogP contribution in [0.2, 0.25) is 0 Å². The van der Waals surface area contributed by atoms with Gasteiger partial charge < -0.3 is 9.80 Å². The van der Waals surface area contributed by atoms with Crippen LogP contribution in [-0.2, 0) is 0 Å². The van der Waals surface area contributed by atoms with Gasteiger partial charge in [0.1, 0.15) is 0 Å². The molecule has 1 aromatic heterocycles. The van der Waals surface area contributed by atoms with Gasteiger partial charge >= 0.3 is 0 Å². The normalized spacial score (nSPS) is 10.9. The van der Waals surface area contributed by atoms with Crippen molar-refractivity contribution in [3.63, 3.8) is 0 Å². The Morgan fingerprint density at radius 3 is 0.643 bits per heavy atom. The number of rotatable bonds is 10. The Morgan fingerprint density at radius 1 is 0.196 bits per heavy atom. The number of anilines is 6. The van der Waals surface area contributed by atoms with Crippen molar-refractivity contribution < 1.29 is 0 Å². The number of nitrogens with zero attached hydrogens (tertiary/aromatic N) is 4. The minimum absolute atomic E-state index is 0.816. The minimum atomic E-state index is 0.816. The minimum Gasteiger partial charge on any atom is -0.311 e. The standard InChI is InChI=1S/C52H38N4/c1-7-19-39(20-8-1)49-50(40-21-9-2-10-22-40)54-52(42-33-37-48(38-34-42)56(45-27-15-5-16-28-45)46-29-17-6-18-30-46)51(53-49)41-31-35-47(36-32-41)55(43-23-11-3-12-24-43)44-25-13-4-14-26-44/h1-38H. The summed E-state index contributed by atoms with van der Waals surface area (Å²) in [7, 11) is 0. The highest BCUT2D eigenvalue weighted by atomic mass is 15.1. The molecular formula is C52H38N4. The predicted octanol–water partition coefficient (Wildman–Crippen LogP) is 14.1. The van der Waals surface area contributed by atoms with Crippen molar-refractivity contribution >= 4 is 34.1 Å². The molecule has 1 heterocycles. The van der Waals surface area contributed by atoms with Crippen molar-refractivity contribution in [1.82, 2.24) is 9.97 Å². The molecule has 9 rings (SSSR count). The Bertz CT molecular complexity index is 2370. The highest BCUT2D eigenvalue weighted by Gasteiger charge is 2.21. The first-order valence-corrected chi connectivity index (χ1v) is 18.8. The zero-order chi connectivity index (χ0) is 37.5. The van der Waals surface area contributed by atoms with E-state index in [1.807, 2.05) is 36.4 Å². The maximum atomic E-state index is 5.52. The van der Waals surface area contributed by atoms with Crippen LogP contribution in [0.3, 0.4) is 0 Å². The molecule has 0 radical (unpaired) electrons. The lowest BCUT2D eigenvalue weighted by Crippen LogP contribution is -2.09. The molecule has 0 aliphatic rings. The van der Waals surface area contributed by atoms with E-state index in [9.17, 15) is 0 Å². The second-order valence-electron chi connectivity index (χ2n) is 13.5. The molecule has 0 aliphatic carbocycles. The van der Waals surface area contributed by atoms with Gasteiger partial charge in [0, 0.05) is 56.4 Å². The zero-order valence-corrected chi connectivity index (χ0v) is 30.7. The van der Waals surface area contributed by atoms with Gasteiger partial charge in [0.05, 0.1) is 22.8 Å². The largest absolute Gasteiger partial charge is 0.311 e. The average molecular weight is 719 g/mol. The van der Waals surface area contributed by atoms with E-state index in [0.717, 1.165) is 79.2 Å². The van der Waals surface area contributed by atoms with Crippen LogP contribution >= 0.6 is 0 Å². The molecule has 4 heteroatoms. The van der Waals surface area contributed by atoms with Crippen molar-refractivity contribution in [2.24, 2.45) is 0 Å². The summed E-state index contributed by atoms with van der Waals surface area (Å²) in [5, 5.41) is 0. The first-order valence-electron chi connectivity index (χ1n) is 18.8. The summed E-state index contributed by atoms with van der Waals surface area (Å²) in [5.41, 5.74) is 13.8. The first kappa shape index (κ1) is 34.2. The summed E-state index contributed by atoms with van der Waals surface area (Å²) in [6.45, 7) is 0. The quantitative estimate of drug-likeness (QED) is 0.141. The van der Waals surface area contributed by atoms with Gasteiger partial charge in [-0.1, -0.05) is 158 Å². The van der Waals surface area contributed by atoms with Gasteiger partial charge in [0.25, 0.3) is 0 Å². The summed E-state index contributed by atoms with van der Waals surface area (Å²) in [6.07, 6.45) is 0. The monoisotopic (exact) mass is 718 g/mol. The lowest BCUT2D eigenvalue weighted by molar-refractivity contribution is 1.21. The molecule has 0 spiro atoms. The van der Waals surface area contributed by atoms with Gasteiger partial charge in [-0.3, -0.25) is 0 Å². The van der Waals surface area contributed by atoms with Crippen molar-refractivity contribution in [2.75, 3.05) is 9.80 Å². The smallest absolute Gasteiger partial charge is 0.0973 e. The van der Waals surface area contributed by atoms with Crippen LogP contribution in [0.25, 0.3) is 45.0 Å². The topological polar surface area (TPSA) is 32.3 Å². The van der Waals surface area contributed by atoms with E-state index in [1.54, 1.807) is 0 Å². The van der Waals surface area contributed by atoms with Crippen LogP contribution in [0, 0.1) is 0 Å². The van der Waals surface area contributed by atoms with Crippen molar-refractivity contribution in [2.45, 2.75) is 0 Å². The molecule has 0 saturated carbocycles.